The van der Waals surface area contributed by atoms with Crippen molar-refractivity contribution in [3.63, 3.8) is 0 Å². The lowest BCUT2D eigenvalue weighted by molar-refractivity contribution is -0.145. The smallest absolute Gasteiger partial charge is 0.331 e. The largest absolute Gasteiger partial charge is 0.479 e. The number of carbonyl (C=O) groups is 2. The van der Waals surface area contributed by atoms with Gasteiger partial charge in [0.15, 0.2) is 6.04 Å². The number of amides is 1. The molecule has 2 aromatic rings. The van der Waals surface area contributed by atoms with E-state index in [1.807, 2.05) is 24.3 Å². The van der Waals surface area contributed by atoms with Crippen LogP contribution in [0.15, 0.2) is 59.5 Å². The number of thiocarbonyl (C=S) groups is 1. The lowest BCUT2D eigenvalue weighted by Crippen LogP contribution is -2.37. The molecule has 0 aliphatic carbocycles. The standard InChI is InChI=1S/C21H19NO3S2/c1-13(2)15-10-8-14(9-11-15)12-17-19(23)22(21(26)27-17)18(20(24)25)16-6-4-3-5-7-16/h3-13,18H,1-2H3,(H,24,25)/b17-12-/t18-/m1/s1. The molecule has 4 nitrogen and oxygen atoms in total. The molecular formula is C21H19NO3S2. The summed E-state index contributed by atoms with van der Waals surface area (Å²) in [7, 11) is 0. The first-order chi connectivity index (χ1) is 12.9. The fourth-order valence-corrected chi connectivity index (χ4v) is 4.18. The molecule has 0 aromatic heterocycles. The highest BCUT2D eigenvalue weighted by Gasteiger charge is 2.41. The molecular weight excluding hydrogens is 378 g/mol. The molecule has 27 heavy (non-hydrogen) atoms. The van der Waals surface area contributed by atoms with Gasteiger partial charge >= 0.3 is 5.97 Å². The Hall–Kier alpha value is -2.44. The number of rotatable bonds is 5. The molecule has 0 unspecified atom stereocenters. The van der Waals surface area contributed by atoms with Crippen LogP contribution in [0.5, 0.6) is 0 Å². The van der Waals surface area contributed by atoms with Crippen molar-refractivity contribution in [1.82, 2.24) is 4.90 Å². The summed E-state index contributed by atoms with van der Waals surface area (Å²) in [6, 6.07) is 15.5. The quantitative estimate of drug-likeness (QED) is 0.578. The molecule has 2 aromatic carbocycles. The van der Waals surface area contributed by atoms with Gasteiger partial charge in [-0.05, 0) is 28.7 Å². The zero-order valence-electron chi connectivity index (χ0n) is 15.0. The second kappa shape index (κ2) is 8.06. The van der Waals surface area contributed by atoms with Crippen LogP contribution < -0.4 is 0 Å². The average Bonchev–Trinajstić information content (AvgIpc) is 2.91. The Morgan fingerprint density at radius 2 is 1.70 bits per heavy atom. The second-order valence-corrected chi connectivity index (χ2v) is 8.20. The summed E-state index contributed by atoms with van der Waals surface area (Å²) >= 11 is 6.46. The third kappa shape index (κ3) is 4.12. The minimum Gasteiger partial charge on any atom is -0.479 e. The van der Waals surface area contributed by atoms with Gasteiger partial charge in [-0.15, -0.1) is 0 Å². The van der Waals surface area contributed by atoms with Crippen LogP contribution in [0, 0.1) is 0 Å². The molecule has 1 aliphatic heterocycles. The molecule has 1 aliphatic rings. The maximum absolute atomic E-state index is 12.9. The van der Waals surface area contributed by atoms with Gasteiger partial charge in [0.25, 0.3) is 5.91 Å². The number of benzene rings is 2. The maximum atomic E-state index is 12.9. The number of nitrogens with zero attached hydrogens (tertiary/aromatic N) is 1. The molecule has 0 saturated carbocycles. The lowest BCUT2D eigenvalue weighted by atomic mass is 10.0. The van der Waals surface area contributed by atoms with E-state index in [0.29, 0.717) is 16.4 Å². The summed E-state index contributed by atoms with van der Waals surface area (Å²) < 4.78 is 0.251. The minimum absolute atomic E-state index is 0.251. The van der Waals surface area contributed by atoms with Crippen molar-refractivity contribution < 1.29 is 14.7 Å². The summed E-state index contributed by atoms with van der Waals surface area (Å²) in [5.41, 5.74) is 2.62. The van der Waals surface area contributed by atoms with Crippen LogP contribution in [0.2, 0.25) is 0 Å². The maximum Gasteiger partial charge on any atom is 0.331 e. The SMILES string of the molecule is CC(C)c1ccc(/C=C2\SC(=S)N([C@@H](C(=O)O)c3ccccc3)C2=O)cc1. The summed E-state index contributed by atoms with van der Waals surface area (Å²) in [4.78, 5) is 26.4. The number of carboxylic acid groups (broad SMARTS) is 1. The van der Waals surface area contributed by atoms with Crippen molar-refractivity contribution in [2.75, 3.05) is 0 Å². The first-order valence-electron chi connectivity index (χ1n) is 8.53. The number of hydrogen-bond donors (Lipinski definition) is 1. The first kappa shape index (κ1) is 19.3. The summed E-state index contributed by atoms with van der Waals surface area (Å²) in [5, 5.41) is 9.70. The molecule has 1 fully saturated rings. The van der Waals surface area contributed by atoms with E-state index in [4.69, 9.17) is 12.2 Å². The molecule has 138 valence electrons. The lowest BCUT2D eigenvalue weighted by Gasteiger charge is -2.23. The van der Waals surface area contributed by atoms with E-state index in [9.17, 15) is 14.7 Å². The third-order valence-electron chi connectivity index (χ3n) is 4.33. The van der Waals surface area contributed by atoms with Crippen LogP contribution in [-0.2, 0) is 9.59 Å². The Bertz CT molecular complexity index is 905. The van der Waals surface area contributed by atoms with Gasteiger partial charge in [0.2, 0.25) is 0 Å². The highest BCUT2D eigenvalue weighted by Crippen LogP contribution is 2.38. The van der Waals surface area contributed by atoms with Crippen LogP contribution in [0.4, 0.5) is 0 Å². The van der Waals surface area contributed by atoms with Crippen molar-refractivity contribution in [3.05, 3.63) is 76.2 Å². The molecule has 1 amide bonds. The van der Waals surface area contributed by atoms with Crippen molar-refractivity contribution in [3.8, 4) is 0 Å². The number of carboxylic acids is 1. The number of hydrogen-bond acceptors (Lipinski definition) is 4. The summed E-state index contributed by atoms with van der Waals surface area (Å²) in [5.74, 6) is -1.06. The topological polar surface area (TPSA) is 57.6 Å². The Balaban J connectivity index is 1.91. The van der Waals surface area contributed by atoms with Crippen molar-refractivity contribution in [1.29, 1.82) is 0 Å². The van der Waals surface area contributed by atoms with E-state index in [2.05, 4.69) is 13.8 Å². The molecule has 0 bridgehead atoms. The van der Waals surface area contributed by atoms with Gasteiger partial charge in [-0.2, -0.15) is 0 Å². The fraction of sp³-hybridized carbons (Fsp3) is 0.190. The van der Waals surface area contributed by atoms with Gasteiger partial charge in [-0.1, -0.05) is 92.4 Å². The average molecular weight is 398 g/mol. The van der Waals surface area contributed by atoms with Gasteiger partial charge in [-0.3, -0.25) is 9.69 Å². The Morgan fingerprint density at radius 1 is 1.07 bits per heavy atom. The van der Waals surface area contributed by atoms with E-state index in [1.54, 1.807) is 36.4 Å². The van der Waals surface area contributed by atoms with E-state index in [1.165, 1.54) is 10.5 Å². The monoisotopic (exact) mass is 397 g/mol. The molecule has 6 heteroatoms. The van der Waals surface area contributed by atoms with E-state index < -0.39 is 12.0 Å². The van der Waals surface area contributed by atoms with Gasteiger partial charge < -0.3 is 5.11 Å². The van der Waals surface area contributed by atoms with Crippen LogP contribution >= 0.6 is 24.0 Å². The Morgan fingerprint density at radius 3 is 2.26 bits per heavy atom. The molecule has 0 spiro atoms. The van der Waals surface area contributed by atoms with Crippen LogP contribution in [0.25, 0.3) is 6.08 Å². The van der Waals surface area contributed by atoms with Gasteiger partial charge in [0, 0.05) is 0 Å². The van der Waals surface area contributed by atoms with Gasteiger partial charge in [0.1, 0.15) is 4.32 Å². The van der Waals surface area contributed by atoms with Gasteiger partial charge in [0.05, 0.1) is 4.91 Å². The highest BCUT2D eigenvalue weighted by molar-refractivity contribution is 8.26. The molecule has 1 atom stereocenters. The van der Waals surface area contributed by atoms with E-state index >= 15 is 0 Å². The van der Waals surface area contributed by atoms with Gasteiger partial charge in [-0.25, -0.2) is 4.79 Å². The highest BCUT2D eigenvalue weighted by atomic mass is 32.2. The predicted molar refractivity (Wildman–Crippen MR) is 112 cm³/mol. The summed E-state index contributed by atoms with van der Waals surface area (Å²) in [6.45, 7) is 4.24. The zero-order valence-corrected chi connectivity index (χ0v) is 16.6. The summed E-state index contributed by atoms with van der Waals surface area (Å²) in [6.07, 6.45) is 1.76. The Labute approximate surface area is 167 Å². The fourth-order valence-electron chi connectivity index (χ4n) is 2.87. The Kier molecular flexibility index (Phi) is 5.77. The second-order valence-electron chi connectivity index (χ2n) is 6.52. The predicted octanol–water partition coefficient (Wildman–Crippen LogP) is 4.84. The zero-order chi connectivity index (χ0) is 19.6. The van der Waals surface area contributed by atoms with Crippen molar-refractivity contribution in [2.45, 2.75) is 25.8 Å². The molecule has 1 heterocycles. The van der Waals surface area contributed by atoms with Crippen LogP contribution in [0.3, 0.4) is 0 Å². The van der Waals surface area contributed by atoms with Crippen LogP contribution in [-0.4, -0.2) is 26.2 Å². The van der Waals surface area contributed by atoms with E-state index in [-0.39, 0.29) is 10.2 Å². The molecule has 3 rings (SSSR count). The van der Waals surface area contributed by atoms with Crippen molar-refractivity contribution in [2.24, 2.45) is 0 Å². The van der Waals surface area contributed by atoms with E-state index in [0.717, 1.165) is 17.3 Å². The first-order valence-corrected chi connectivity index (χ1v) is 9.75. The third-order valence-corrected chi connectivity index (χ3v) is 5.66. The molecule has 1 N–H and O–H groups in total. The minimum atomic E-state index is -1.13. The number of thioether (sulfide) groups is 1. The molecule has 0 radical (unpaired) electrons. The normalized spacial score (nSPS) is 17.0. The van der Waals surface area contributed by atoms with Crippen molar-refractivity contribution >= 4 is 46.3 Å². The number of carbonyl (C=O) groups excluding carboxylic acids is 1. The molecule has 1 saturated heterocycles. The number of aliphatic carboxylic acids is 1. The van der Waals surface area contributed by atoms with Crippen LogP contribution in [0.1, 0.15) is 42.5 Å².